The third-order valence-corrected chi connectivity index (χ3v) is 3.19. The first kappa shape index (κ1) is 14.3. The molecule has 0 saturated carbocycles. The molecule has 0 aliphatic rings. The number of unbranched alkanes of at least 4 members (excludes halogenated alkanes) is 1. The van der Waals surface area contributed by atoms with Crippen molar-refractivity contribution in [3.8, 4) is 0 Å². The van der Waals surface area contributed by atoms with E-state index >= 15 is 0 Å². The van der Waals surface area contributed by atoms with Crippen LogP contribution in [0.3, 0.4) is 0 Å². The molecule has 0 bridgehead atoms. The predicted molar refractivity (Wildman–Crippen MR) is 82.6 cm³/mol. The van der Waals surface area contributed by atoms with Gasteiger partial charge in [0.2, 0.25) is 5.95 Å². The number of hydrogen-bond donors (Lipinski definition) is 2. The van der Waals surface area contributed by atoms with E-state index in [0.717, 1.165) is 24.2 Å². The number of nitrogens with one attached hydrogen (secondary N) is 2. The third-order valence-electron chi connectivity index (χ3n) is 3.19. The molecule has 0 radical (unpaired) electrons. The standard InChI is InChI=1S/C16H21N3O/c1-3-5-6-12-7-9-14(10-8-12)18-16-17-13(4-2)11-15(20)19-16/h7-11H,3-6H2,1-2H3,(H2,17,18,19,20). The molecule has 0 unspecified atom stereocenters. The molecule has 2 aromatic rings. The second kappa shape index (κ2) is 6.89. The molecule has 0 atom stereocenters. The Bertz CT molecular complexity index is 602. The van der Waals surface area contributed by atoms with Gasteiger partial charge >= 0.3 is 0 Å². The molecule has 0 fully saturated rings. The number of H-pyrrole nitrogens is 1. The highest BCUT2D eigenvalue weighted by Crippen LogP contribution is 2.14. The maximum atomic E-state index is 11.5. The Kier molecular flexibility index (Phi) is 4.93. The first-order valence-corrected chi connectivity index (χ1v) is 7.17. The van der Waals surface area contributed by atoms with Crippen LogP contribution in [0.25, 0.3) is 0 Å². The molecule has 0 saturated heterocycles. The first-order chi connectivity index (χ1) is 9.71. The molecule has 2 rings (SSSR count). The van der Waals surface area contributed by atoms with Crippen LogP contribution in [0.2, 0.25) is 0 Å². The molecule has 4 nitrogen and oxygen atoms in total. The van der Waals surface area contributed by atoms with Crippen molar-refractivity contribution in [3.05, 3.63) is 51.9 Å². The van der Waals surface area contributed by atoms with Gasteiger partial charge in [-0.15, -0.1) is 0 Å². The van der Waals surface area contributed by atoms with Crippen molar-refractivity contribution < 1.29 is 0 Å². The van der Waals surface area contributed by atoms with Crippen LogP contribution in [0, 0.1) is 0 Å². The van der Waals surface area contributed by atoms with Crippen LogP contribution >= 0.6 is 0 Å². The van der Waals surface area contributed by atoms with Gasteiger partial charge in [-0.1, -0.05) is 32.4 Å². The summed E-state index contributed by atoms with van der Waals surface area (Å²) in [6.45, 7) is 4.17. The van der Waals surface area contributed by atoms with E-state index in [1.165, 1.54) is 24.5 Å². The lowest BCUT2D eigenvalue weighted by molar-refractivity contribution is 0.795. The fraction of sp³-hybridized carbons (Fsp3) is 0.375. The van der Waals surface area contributed by atoms with Crippen molar-refractivity contribution in [2.75, 3.05) is 5.32 Å². The molecular formula is C16H21N3O. The summed E-state index contributed by atoms with van der Waals surface area (Å²) in [5.41, 5.74) is 2.93. The molecule has 0 spiro atoms. The predicted octanol–water partition coefficient (Wildman–Crippen LogP) is 3.42. The van der Waals surface area contributed by atoms with Crippen LogP contribution in [0.4, 0.5) is 11.6 Å². The number of aromatic amines is 1. The van der Waals surface area contributed by atoms with E-state index in [1.807, 2.05) is 19.1 Å². The summed E-state index contributed by atoms with van der Waals surface area (Å²) in [5, 5.41) is 3.14. The minimum atomic E-state index is -0.126. The third kappa shape index (κ3) is 3.95. The fourth-order valence-corrected chi connectivity index (χ4v) is 2.02. The van der Waals surface area contributed by atoms with Gasteiger partial charge in [-0.2, -0.15) is 0 Å². The van der Waals surface area contributed by atoms with Crippen LogP contribution in [0.1, 0.15) is 37.9 Å². The Morgan fingerprint density at radius 1 is 1.20 bits per heavy atom. The molecule has 0 aliphatic carbocycles. The topological polar surface area (TPSA) is 57.8 Å². The van der Waals surface area contributed by atoms with Crippen molar-refractivity contribution >= 4 is 11.6 Å². The van der Waals surface area contributed by atoms with E-state index in [-0.39, 0.29) is 5.56 Å². The molecule has 1 aromatic carbocycles. The number of hydrogen-bond acceptors (Lipinski definition) is 3. The average molecular weight is 271 g/mol. The second-order valence-electron chi connectivity index (χ2n) is 4.86. The van der Waals surface area contributed by atoms with E-state index in [9.17, 15) is 4.79 Å². The quantitative estimate of drug-likeness (QED) is 0.846. The highest BCUT2D eigenvalue weighted by atomic mass is 16.1. The average Bonchev–Trinajstić information content (AvgIpc) is 2.46. The monoisotopic (exact) mass is 271 g/mol. The maximum Gasteiger partial charge on any atom is 0.252 e. The zero-order chi connectivity index (χ0) is 14.4. The van der Waals surface area contributed by atoms with Crippen LogP contribution in [0.5, 0.6) is 0 Å². The van der Waals surface area contributed by atoms with Gasteiger partial charge in [0, 0.05) is 17.4 Å². The number of aromatic nitrogens is 2. The van der Waals surface area contributed by atoms with Crippen molar-refractivity contribution in [2.24, 2.45) is 0 Å². The van der Waals surface area contributed by atoms with Crippen molar-refractivity contribution in [1.82, 2.24) is 9.97 Å². The molecule has 1 aromatic heterocycles. The largest absolute Gasteiger partial charge is 0.326 e. The summed E-state index contributed by atoms with van der Waals surface area (Å²) in [6, 6.07) is 9.78. The van der Waals surface area contributed by atoms with Gasteiger partial charge in [0.05, 0.1) is 0 Å². The maximum absolute atomic E-state index is 11.5. The molecule has 20 heavy (non-hydrogen) atoms. The van der Waals surface area contributed by atoms with Gasteiger partial charge in [0.15, 0.2) is 0 Å². The van der Waals surface area contributed by atoms with E-state index in [2.05, 4.69) is 34.3 Å². The summed E-state index contributed by atoms with van der Waals surface area (Å²) in [6.07, 6.45) is 4.26. The zero-order valence-electron chi connectivity index (χ0n) is 12.1. The summed E-state index contributed by atoms with van der Waals surface area (Å²) in [4.78, 5) is 18.6. The summed E-state index contributed by atoms with van der Waals surface area (Å²) < 4.78 is 0. The fourth-order valence-electron chi connectivity index (χ4n) is 2.02. The minimum absolute atomic E-state index is 0.126. The van der Waals surface area contributed by atoms with Crippen molar-refractivity contribution in [2.45, 2.75) is 39.5 Å². The summed E-state index contributed by atoms with van der Waals surface area (Å²) >= 11 is 0. The van der Waals surface area contributed by atoms with E-state index in [0.29, 0.717) is 5.95 Å². The highest BCUT2D eigenvalue weighted by molar-refractivity contribution is 5.53. The van der Waals surface area contributed by atoms with Crippen molar-refractivity contribution in [1.29, 1.82) is 0 Å². The van der Waals surface area contributed by atoms with Gasteiger partial charge in [-0.05, 0) is 37.0 Å². The molecule has 4 heteroatoms. The molecule has 1 heterocycles. The number of anilines is 2. The lowest BCUT2D eigenvalue weighted by Crippen LogP contribution is -2.11. The number of nitrogens with zero attached hydrogens (tertiary/aromatic N) is 1. The first-order valence-electron chi connectivity index (χ1n) is 7.17. The number of rotatable bonds is 6. The van der Waals surface area contributed by atoms with Crippen molar-refractivity contribution in [3.63, 3.8) is 0 Å². The van der Waals surface area contributed by atoms with E-state index in [1.54, 1.807) is 0 Å². The Morgan fingerprint density at radius 3 is 2.60 bits per heavy atom. The molecule has 2 N–H and O–H groups in total. The molecule has 0 aliphatic heterocycles. The SMILES string of the molecule is CCCCc1ccc(Nc2nc(CC)cc(=O)[nH]2)cc1. The van der Waals surface area contributed by atoms with E-state index in [4.69, 9.17) is 0 Å². The van der Waals surface area contributed by atoms with Gasteiger partial charge < -0.3 is 5.32 Å². The van der Waals surface area contributed by atoms with Gasteiger partial charge in [0.1, 0.15) is 0 Å². The minimum Gasteiger partial charge on any atom is -0.326 e. The molecule has 0 amide bonds. The Labute approximate surface area is 119 Å². The summed E-state index contributed by atoms with van der Waals surface area (Å²) in [5.74, 6) is 0.496. The lowest BCUT2D eigenvalue weighted by Gasteiger charge is -2.07. The molecule has 106 valence electrons. The van der Waals surface area contributed by atoms with Crippen LogP contribution in [0.15, 0.2) is 35.1 Å². The Morgan fingerprint density at radius 2 is 1.95 bits per heavy atom. The van der Waals surface area contributed by atoms with Crippen LogP contribution in [-0.4, -0.2) is 9.97 Å². The van der Waals surface area contributed by atoms with Crippen LogP contribution in [-0.2, 0) is 12.8 Å². The van der Waals surface area contributed by atoms with Gasteiger partial charge in [-0.3, -0.25) is 9.78 Å². The van der Waals surface area contributed by atoms with Gasteiger partial charge in [-0.25, -0.2) is 4.98 Å². The normalized spacial score (nSPS) is 10.5. The summed E-state index contributed by atoms with van der Waals surface area (Å²) in [7, 11) is 0. The Hall–Kier alpha value is -2.10. The lowest BCUT2D eigenvalue weighted by atomic mass is 10.1. The molecular weight excluding hydrogens is 250 g/mol. The highest BCUT2D eigenvalue weighted by Gasteiger charge is 2.01. The smallest absolute Gasteiger partial charge is 0.252 e. The van der Waals surface area contributed by atoms with Crippen LogP contribution < -0.4 is 10.9 Å². The zero-order valence-corrected chi connectivity index (χ0v) is 12.1. The second-order valence-corrected chi connectivity index (χ2v) is 4.86. The Balaban J connectivity index is 2.09. The number of benzene rings is 1. The van der Waals surface area contributed by atoms with E-state index < -0.39 is 0 Å². The number of aryl methyl sites for hydroxylation is 2. The van der Waals surface area contributed by atoms with Gasteiger partial charge in [0.25, 0.3) is 5.56 Å².